The molecule has 0 saturated carbocycles. The van der Waals surface area contributed by atoms with Gasteiger partial charge in [-0.05, 0) is 30.3 Å². The predicted octanol–water partition coefficient (Wildman–Crippen LogP) is 2.16. The van der Waals surface area contributed by atoms with E-state index in [1.807, 2.05) is 36.5 Å². The Balaban J connectivity index is 2.21. The van der Waals surface area contributed by atoms with Gasteiger partial charge in [0.25, 0.3) is 0 Å². The van der Waals surface area contributed by atoms with Gasteiger partial charge >= 0.3 is 0 Å². The molecule has 1 aliphatic rings. The Labute approximate surface area is 81.3 Å². The molecule has 0 aromatic heterocycles. The summed E-state index contributed by atoms with van der Waals surface area (Å²) < 4.78 is 0. The Hall–Kier alpha value is -1.48. The maximum absolute atomic E-state index is 5.76. The molecule has 0 aliphatic carbocycles. The van der Waals surface area contributed by atoms with E-state index in [9.17, 15) is 0 Å². The van der Waals surface area contributed by atoms with Crippen molar-refractivity contribution in [2.45, 2.75) is 0 Å². The molecule has 0 fully saturated rings. The third kappa shape index (κ3) is 1.81. The maximum atomic E-state index is 5.76. The molecule has 1 aromatic rings. The minimum atomic E-state index is 0.722. The molecular weight excluding hydrogens is 186 g/mol. The number of hydrogen-bond acceptors (Lipinski definition) is 3. The molecule has 13 heavy (non-hydrogen) atoms. The third-order valence-electron chi connectivity index (χ3n) is 1.63. The fourth-order valence-electron chi connectivity index (χ4n) is 1.02. The highest BCUT2D eigenvalue weighted by Crippen LogP contribution is 2.17. The van der Waals surface area contributed by atoms with Gasteiger partial charge in [-0.25, -0.2) is 0 Å². The fourth-order valence-corrected chi connectivity index (χ4v) is 1.14. The average Bonchev–Trinajstić information content (AvgIpc) is 2.20. The van der Waals surface area contributed by atoms with E-state index in [2.05, 4.69) is 10.5 Å². The highest BCUT2D eigenvalue weighted by atomic mass is 35.5. The van der Waals surface area contributed by atoms with Crippen LogP contribution in [0.4, 0.5) is 5.69 Å². The van der Waals surface area contributed by atoms with Gasteiger partial charge in [0.15, 0.2) is 0 Å². The van der Waals surface area contributed by atoms with Crippen molar-refractivity contribution in [2.24, 2.45) is 5.10 Å². The summed E-state index contributed by atoms with van der Waals surface area (Å²) in [7, 11) is 0. The monoisotopic (exact) mass is 193 g/mol. The number of hydrazine groups is 1. The van der Waals surface area contributed by atoms with E-state index in [0.29, 0.717) is 0 Å². The minimum Gasteiger partial charge on any atom is -0.285 e. The fraction of sp³-hybridized carbons (Fsp3) is 0. The number of hydrogen-bond donors (Lipinski definition) is 1. The van der Waals surface area contributed by atoms with E-state index in [1.54, 1.807) is 11.3 Å². The molecule has 2 rings (SSSR count). The Kier molecular flexibility index (Phi) is 2.19. The number of anilines is 1. The average molecular weight is 194 g/mol. The molecule has 1 N–H and O–H groups in total. The van der Waals surface area contributed by atoms with Crippen LogP contribution in [-0.2, 0) is 0 Å². The molecule has 0 unspecified atom stereocenters. The summed E-state index contributed by atoms with van der Waals surface area (Å²) in [4.78, 5) is 0. The summed E-state index contributed by atoms with van der Waals surface area (Å²) in [6.07, 6.45) is 5.35. The van der Waals surface area contributed by atoms with Crippen LogP contribution in [0.15, 0.2) is 41.6 Å². The second kappa shape index (κ2) is 3.49. The molecule has 0 amide bonds. The normalized spacial score (nSPS) is 14.4. The van der Waals surface area contributed by atoms with Crippen LogP contribution in [0.2, 0.25) is 5.02 Å². The van der Waals surface area contributed by atoms with E-state index in [-0.39, 0.29) is 0 Å². The topological polar surface area (TPSA) is 27.6 Å². The Morgan fingerprint density at radius 2 is 2.00 bits per heavy atom. The lowest BCUT2D eigenvalue weighted by molar-refractivity contribution is 0.775. The second-order valence-corrected chi connectivity index (χ2v) is 2.98. The summed E-state index contributed by atoms with van der Waals surface area (Å²) in [6.45, 7) is 0. The van der Waals surface area contributed by atoms with Gasteiger partial charge in [0.1, 0.15) is 0 Å². The SMILES string of the molecule is Clc1ccc(N2N=CC=CN2)cc1. The first-order valence-electron chi connectivity index (χ1n) is 3.87. The van der Waals surface area contributed by atoms with Crippen molar-refractivity contribution in [3.05, 3.63) is 41.6 Å². The minimum absolute atomic E-state index is 0.722. The summed E-state index contributed by atoms with van der Waals surface area (Å²) in [6, 6.07) is 7.44. The molecule has 66 valence electrons. The van der Waals surface area contributed by atoms with Gasteiger partial charge in [0.05, 0.1) is 11.9 Å². The standard InChI is InChI=1S/C9H8ClN3/c10-8-2-4-9(5-3-8)13-11-6-1-7-12-13/h1-7,11H. The molecule has 1 heterocycles. The van der Waals surface area contributed by atoms with Crippen LogP contribution < -0.4 is 10.5 Å². The summed E-state index contributed by atoms with van der Waals surface area (Å²) in [5.74, 6) is 0. The zero-order chi connectivity index (χ0) is 9.10. The lowest BCUT2D eigenvalue weighted by Crippen LogP contribution is -2.30. The Morgan fingerprint density at radius 3 is 2.62 bits per heavy atom. The summed E-state index contributed by atoms with van der Waals surface area (Å²) in [5.41, 5.74) is 3.92. The molecule has 4 heteroatoms. The van der Waals surface area contributed by atoms with Crippen molar-refractivity contribution in [3.8, 4) is 0 Å². The maximum Gasteiger partial charge on any atom is 0.0834 e. The molecule has 0 bridgehead atoms. The summed E-state index contributed by atoms with van der Waals surface area (Å²) in [5, 5.41) is 6.48. The lowest BCUT2D eigenvalue weighted by Gasteiger charge is -2.19. The number of halogens is 1. The lowest BCUT2D eigenvalue weighted by atomic mass is 10.3. The zero-order valence-electron chi connectivity index (χ0n) is 6.81. The van der Waals surface area contributed by atoms with Gasteiger partial charge in [-0.3, -0.25) is 5.43 Å². The number of nitrogens with zero attached hydrogens (tertiary/aromatic N) is 2. The molecule has 1 aliphatic heterocycles. The largest absolute Gasteiger partial charge is 0.285 e. The molecule has 0 spiro atoms. The van der Waals surface area contributed by atoms with Gasteiger partial charge in [-0.15, -0.1) is 0 Å². The van der Waals surface area contributed by atoms with E-state index in [0.717, 1.165) is 10.7 Å². The highest BCUT2D eigenvalue weighted by molar-refractivity contribution is 6.30. The number of benzene rings is 1. The van der Waals surface area contributed by atoms with Crippen LogP contribution in [0, 0.1) is 0 Å². The summed E-state index contributed by atoms with van der Waals surface area (Å²) >= 11 is 5.76. The Morgan fingerprint density at radius 1 is 1.23 bits per heavy atom. The van der Waals surface area contributed by atoms with Crippen molar-refractivity contribution in [1.82, 2.24) is 5.43 Å². The number of rotatable bonds is 1. The van der Waals surface area contributed by atoms with Gasteiger partial charge < -0.3 is 0 Å². The van der Waals surface area contributed by atoms with Crippen molar-refractivity contribution in [2.75, 3.05) is 5.12 Å². The van der Waals surface area contributed by atoms with Gasteiger partial charge in [0.2, 0.25) is 0 Å². The van der Waals surface area contributed by atoms with E-state index >= 15 is 0 Å². The second-order valence-electron chi connectivity index (χ2n) is 2.54. The first-order chi connectivity index (χ1) is 6.36. The molecule has 1 aromatic carbocycles. The van der Waals surface area contributed by atoms with Gasteiger partial charge in [-0.2, -0.15) is 10.2 Å². The van der Waals surface area contributed by atoms with Crippen LogP contribution in [0.25, 0.3) is 0 Å². The van der Waals surface area contributed by atoms with Crippen LogP contribution >= 0.6 is 11.6 Å². The molecule has 0 radical (unpaired) electrons. The smallest absolute Gasteiger partial charge is 0.0834 e. The van der Waals surface area contributed by atoms with E-state index in [4.69, 9.17) is 11.6 Å². The quantitative estimate of drug-likeness (QED) is 0.740. The first-order valence-corrected chi connectivity index (χ1v) is 4.25. The molecule has 0 saturated heterocycles. The van der Waals surface area contributed by atoms with Gasteiger partial charge in [0, 0.05) is 11.2 Å². The Bertz CT molecular complexity index is 342. The number of nitrogens with one attached hydrogen (secondary N) is 1. The van der Waals surface area contributed by atoms with Crippen molar-refractivity contribution < 1.29 is 0 Å². The molecular formula is C9H8ClN3. The predicted molar refractivity (Wildman–Crippen MR) is 54.7 cm³/mol. The first kappa shape index (κ1) is 8.13. The van der Waals surface area contributed by atoms with E-state index in [1.165, 1.54) is 0 Å². The van der Waals surface area contributed by atoms with Gasteiger partial charge in [-0.1, -0.05) is 11.6 Å². The third-order valence-corrected chi connectivity index (χ3v) is 1.88. The van der Waals surface area contributed by atoms with Crippen molar-refractivity contribution >= 4 is 23.5 Å². The van der Waals surface area contributed by atoms with Crippen LogP contribution in [0.3, 0.4) is 0 Å². The molecule has 0 atom stereocenters. The number of hydrazone groups is 1. The highest BCUT2D eigenvalue weighted by Gasteiger charge is 2.02. The van der Waals surface area contributed by atoms with E-state index < -0.39 is 0 Å². The van der Waals surface area contributed by atoms with Crippen LogP contribution in [-0.4, -0.2) is 6.21 Å². The molecule has 3 nitrogen and oxygen atoms in total. The van der Waals surface area contributed by atoms with Crippen LogP contribution in [0.1, 0.15) is 0 Å². The van der Waals surface area contributed by atoms with Crippen molar-refractivity contribution in [3.63, 3.8) is 0 Å². The van der Waals surface area contributed by atoms with Crippen LogP contribution in [0.5, 0.6) is 0 Å². The zero-order valence-corrected chi connectivity index (χ0v) is 7.57. The number of allylic oxidation sites excluding steroid dienone is 1. The van der Waals surface area contributed by atoms with Crippen molar-refractivity contribution in [1.29, 1.82) is 0 Å².